The Balaban J connectivity index is 1.75. The fourth-order valence-electron chi connectivity index (χ4n) is 1.68. The summed E-state index contributed by atoms with van der Waals surface area (Å²) in [7, 11) is 0. The van der Waals surface area contributed by atoms with Crippen molar-refractivity contribution in [3.05, 3.63) is 47.6 Å². The highest BCUT2D eigenvalue weighted by Gasteiger charge is 2.02. The maximum absolute atomic E-state index is 2.25. The first-order valence-electron chi connectivity index (χ1n) is 4.64. The van der Waals surface area contributed by atoms with Crippen molar-refractivity contribution in [2.75, 3.05) is 0 Å². The third-order valence-electron chi connectivity index (χ3n) is 2.46. The Bertz CT molecular complexity index is 244. The highest BCUT2D eigenvalue weighted by atomic mass is 14.1. The van der Waals surface area contributed by atoms with Crippen LogP contribution in [0.4, 0.5) is 0 Å². The van der Waals surface area contributed by atoms with Crippen LogP contribution in [0.1, 0.15) is 25.7 Å². The van der Waals surface area contributed by atoms with E-state index in [2.05, 4.69) is 36.5 Å². The molecule has 2 aliphatic carbocycles. The lowest BCUT2D eigenvalue weighted by Gasteiger charge is -2.02. The van der Waals surface area contributed by atoms with Gasteiger partial charge in [-0.3, -0.25) is 0 Å². The lowest BCUT2D eigenvalue weighted by atomic mass is 10.0. The van der Waals surface area contributed by atoms with E-state index in [-0.39, 0.29) is 0 Å². The van der Waals surface area contributed by atoms with Crippen molar-refractivity contribution in [2.24, 2.45) is 0 Å². The van der Waals surface area contributed by atoms with Crippen LogP contribution in [-0.4, -0.2) is 0 Å². The summed E-state index contributed by atoms with van der Waals surface area (Å²) in [5.74, 6) is 0. The summed E-state index contributed by atoms with van der Waals surface area (Å²) < 4.78 is 0. The van der Waals surface area contributed by atoms with Crippen LogP contribution in [0.5, 0.6) is 0 Å². The Morgan fingerprint density at radius 2 is 1.33 bits per heavy atom. The quantitative estimate of drug-likeness (QED) is 0.589. The van der Waals surface area contributed by atoms with Gasteiger partial charge in [0.1, 0.15) is 0 Å². The van der Waals surface area contributed by atoms with Crippen LogP contribution in [0.15, 0.2) is 47.6 Å². The zero-order valence-electron chi connectivity index (χ0n) is 7.29. The largest absolute Gasteiger partial charge is 0.0805 e. The molecule has 2 aliphatic rings. The van der Waals surface area contributed by atoms with Gasteiger partial charge in [-0.05, 0) is 25.7 Å². The minimum atomic E-state index is 1.18. The molecular weight excluding hydrogens is 144 g/mol. The van der Waals surface area contributed by atoms with E-state index in [0.717, 1.165) is 0 Å². The molecule has 0 radical (unpaired) electrons. The van der Waals surface area contributed by atoms with Crippen LogP contribution in [0.25, 0.3) is 0 Å². The van der Waals surface area contributed by atoms with E-state index in [9.17, 15) is 0 Å². The van der Waals surface area contributed by atoms with Crippen molar-refractivity contribution in [2.45, 2.75) is 25.7 Å². The second-order valence-corrected chi connectivity index (χ2v) is 3.41. The van der Waals surface area contributed by atoms with Gasteiger partial charge in [0.2, 0.25) is 0 Å². The van der Waals surface area contributed by atoms with Crippen LogP contribution in [-0.2, 0) is 0 Å². The third-order valence-corrected chi connectivity index (χ3v) is 2.46. The summed E-state index contributed by atoms with van der Waals surface area (Å²) in [4.78, 5) is 0. The zero-order chi connectivity index (χ0) is 8.23. The van der Waals surface area contributed by atoms with Gasteiger partial charge in [-0.1, -0.05) is 47.6 Å². The van der Waals surface area contributed by atoms with E-state index >= 15 is 0 Å². The molecule has 0 saturated carbocycles. The van der Waals surface area contributed by atoms with Crippen LogP contribution >= 0.6 is 0 Å². The first kappa shape index (κ1) is 7.60. The molecule has 0 amide bonds. The zero-order valence-corrected chi connectivity index (χ0v) is 7.29. The van der Waals surface area contributed by atoms with E-state index in [1.165, 1.54) is 25.7 Å². The van der Waals surface area contributed by atoms with Gasteiger partial charge in [-0.25, -0.2) is 0 Å². The molecule has 0 aromatic carbocycles. The van der Waals surface area contributed by atoms with Gasteiger partial charge in [-0.2, -0.15) is 0 Å². The van der Waals surface area contributed by atoms with E-state index < -0.39 is 0 Å². The van der Waals surface area contributed by atoms with Gasteiger partial charge in [-0.15, -0.1) is 0 Å². The van der Waals surface area contributed by atoms with E-state index in [1.807, 2.05) is 0 Å². The Hall–Kier alpha value is -1.04. The van der Waals surface area contributed by atoms with Crippen molar-refractivity contribution in [1.82, 2.24) is 0 Å². The van der Waals surface area contributed by atoms with Gasteiger partial charge in [0.05, 0.1) is 0 Å². The highest BCUT2D eigenvalue weighted by molar-refractivity contribution is 5.27. The van der Waals surface area contributed by atoms with Crippen molar-refractivity contribution in [1.29, 1.82) is 0 Å². The number of allylic oxidation sites excluding steroid dienone is 8. The Morgan fingerprint density at radius 3 is 1.67 bits per heavy atom. The first-order valence-corrected chi connectivity index (χ1v) is 4.64. The highest BCUT2D eigenvalue weighted by Crippen LogP contribution is 2.22. The van der Waals surface area contributed by atoms with Crippen molar-refractivity contribution in [3.63, 3.8) is 0 Å². The van der Waals surface area contributed by atoms with Gasteiger partial charge in [0.25, 0.3) is 0 Å². The Kier molecular flexibility index (Phi) is 2.26. The smallest absolute Gasteiger partial charge is 0.0132 e. The molecule has 0 aliphatic heterocycles. The van der Waals surface area contributed by atoms with Crippen molar-refractivity contribution >= 4 is 0 Å². The van der Waals surface area contributed by atoms with Crippen LogP contribution < -0.4 is 0 Å². The first-order chi connectivity index (χ1) is 5.95. The average Bonchev–Trinajstić information content (AvgIpc) is 2.74. The summed E-state index contributed by atoms with van der Waals surface area (Å²) in [6, 6.07) is 0. The van der Waals surface area contributed by atoms with E-state index in [1.54, 1.807) is 11.1 Å². The lowest BCUT2D eigenvalue weighted by Crippen LogP contribution is -1.82. The summed E-state index contributed by atoms with van der Waals surface area (Å²) in [6.45, 7) is 0. The minimum Gasteiger partial charge on any atom is -0.0805 e. The monoisotopic (exact) mass is 158 g/mol. The molecule has 0 bridgehead atoms. The van der Waals surface area contributed by atoms with Crippen LogP contribution in [0.2, 0.25) is 0 Å². The summed E-state index contributed by atoms with van der Waals surface area (Å²) >= 11 is 0. The molecule has 0 heterocycles. The summed E-state index contributed by atoms with van der Waals surface area (Å²) in [6.07, 6.45) is 18.2. The second-order valence-electron chi connectivity index (χ2n) is 3.41. The van der Waals surface area contributed by atoms with Gasteiger partial charge >= 0.3 is 0 Å². The molecule has 0 atom stereocenters. The predicted octanol–water partition coefficient (Wildman–Crippen LogP) is 3.54. The van der Waals surface area contributed by atoms with Gasteiger partial charge < -0.3 is 0 Å². The normalized spacial score (nSPS) is 20.0. The Morgan fingerprint density at radius 1 is 0.833 bits per heavy atom. The topological polar surface area (TPSA) is 0 Å². The fourth-order valence-corrected chi connectivity index (χ4v) is 1.68. The van der Waals surface area contributed by atoms with Gasteiger partial charge in [0.15, 0.2) is 0 Å². The SMILES string of the molecule is C1=CCC(CCC2=CC=CC2)=C1. The summed E-state index contributed by atoms with van der Waals surface area (Å²) in [5, 5.41) is 0. The van der Waals surface area contributed by atoms with Crippen molar-refractivity contribution in [3.8, 4) is 0 Å². The molecule has 0 N–H and O–H groups in total. The maximum atomic E-state index is 2.25. The molecule has 62 valence electrons. The summed E-state index contributed by atoms with van der Waals surface area (Å²) in [5.41, 5.74) is 3.17. The second kappa shape index (κ2) is 3.57. The molecule has 0 saturated heterocycles. The van der Waals surface area contributed by atoms with E-state index in [0.29, 0.717) is 0 Å². The molecule has 0 unspecified atom stereocenters. The number of rotatable bonds is 3. The fraction of sp³-hybridized carbons (Fsp3) is 0.333. The molecule has 0 aromatic heterocycles. The van der Waals surface area contributed by atoms with Crippen molar-refractivity contribution < 1.29 is 0 Å². The molecule has 12 heavy (non-hydrogen) atoms. The molecule has 2 rings (SSSR count). The molecule has 0 heteroatoms. The molecule has 0 nitrogen and oxygen atoms in total. The number of hydrogen-bond acceptors (Lipinski definition) is 0. The Labute approximate surface area is 74.0 Å². The third kappa shape index (κ3) is 1.76. The predicted molar refractivity (Wildman–Crippen MR) is 52.9 cm³/mol. The molecule has 0 aromatic rings. The average molecular weight is 158 g/mol. The molecular formula is C12H14. The van der Waals surface area contributed by atoms with Gasteiger partial charge in [0, 0.05) is 0 Å². The lowest BCUT2D eigenvalue weighted by molar-refractivity contribution is 0.888. The molecule has 0 spiro atoms. The maximum Gasteiger partial charge on any atom is -0.0132 e. The number of hydrogen-bond donors (Lipinski definition) is 0. The van der Waals surface area contributed by atoms with E-state index in [4.69, 9.17) is 0 Å². The molecule has 0 fully saturated rings. The van der Waals surface area contributed by atoms with Crippen LogP contribution in [0, 0.1) is 0 Å². The van der Waals surface area contributed by atoms with Crippen LogP contribution in [0.3, 0.4) is 0 Å². The minimum absolute atomic E-state index is 1.18. The standard InChI is InChI=1S/C12H14/c1-2-6-11(5-1)9-10-12-7-3-4-8-12/h1-5,7H,6,8-10H2.